The fraction of sp³-hybridized carbons (Fsp3) is 0.125. The van der Waals surface area contributed by atoms with Gasteiger partial charge in [0, 0.05) is 12.7 Å². The predicted octanol–water partition coefficient (Wildman–Crippen LogP) is 3.02. The van der Waals surface area contributed by atoms with Crippen LogP contribution in [-0.4, -0.2) is 15.0 Å². The van der Waals surface area contributed by atoms with Gasteiger partial charge in [0.15, 0.2) is 0 Å². The number of hydrogen-bond acceptors (Lipinski definition) is 2. The summed E-state index contributed by atoms with van der Waals surface area (Å²) < 4.78 is 29.2. The number of carbonyl (C=O) groups is 1. The van der Waals surface area contributed by atoms with E-state index in [4.69, 9.17) is 0 Å². The number of rotatable bonds is 3. The van der Waals surface area contributed by atoms with Crippen LogP contribution in [0.1, 0.15) is 0 Å². The molecule has 2 aromatic carbocycles. The third-order valence-electron chi connectivity index (χ3n) is 3.62. The van der Waals surface area contributed by atoms with Gasteiger partial charge >= 0.3 is 5.69 Å². The number of amides is 1. The van der Waals surface area contributed by atoms with E-state index in [2.05, 4.69) is 21.2 Å². The Kier molecular flexibility index (Phi) is 4.23. The summed E-state index contributed by atoms with van der Waals surface area (Å²) in [5.41, 5.74) is 0.784. The van der Waals surface area contributed by atoms with Crippen LogP contribution in [0.15, 0.2) is 45.7 Å². The zero-order chi connectivity index (χ0) is 17.4. The number of aromatic nitrogens is 2. The molecule has 0 spiro atoms. The van der Waals surface area contributed by atoms with E-state index in [9.17, 15) is 18.4 Å². The Morgan fingerprint density at radius 3 is 2.50 bits per heavy atom. The molecule has 1 aromatic heterocycles. The molecule has 0 radical (unpaired) electrons. The molecule has 0 aliphatic rings. The Hall–Kier alpha value is -2.48. The Morgan fingerprint density at radius 1 is 1.17 bits per heavy atom. The Morgan fingerprint density at radius 2 is 1.83 bits per heavy atom. The Balaban J connectivity index is 1.94. The zero-order valence-corrected chi connectivity index (χ0v) is 14.1. The summed E-state index contributed by atoms with van der Waals surface area (Å²) in [6.45, 7) is -0.244. The molecule has 0 aliphatic heterocycles. The number of anilines is 1. The minimum Gasteiger partial charge on any atom is -0.325 e. The molecule has 0 fully saturated rings. The maximum absolute atomic E-state index is 13.7. The predicted molar refractivity (Wildman–Crippen MR) is 89.9 cm³/mol. The highest BCUT2D eigenvalue weighted by atomic mass is 79.9. The van der Waals surface area contributed by atoms with Gasteiger partial charge in [-0.2, -0.15) is 0 Å². The van der Waals surface area contributed by atoms with Crippen LogP contribution in [0.5, 0.6) is 0 Å². The van der Waals surface area contributed by atoms with Crippen LogP contribution in [0.2, 0.25) is 0 Å². The number of benzene rings is 2. The summed E-state index contributed by atoms with van der Waals surface area (Å²) in [5, 5.41) is 2.58. The number of carbonyl (C=O) groups excluding carboxylic acids is 1. The van der Waals surface area contributed by atoms with Gasteiger partial charge in [-0.05, 0) is 52.3 Å². The van der Waals surface area contributed by atoms with Crippen molar-refractivity contribution >= 4 is 38.6 Å². The number of halogens is 3. The second kappa shape index (κ2) is 6.20. The van der Waals surface area contributed by atoms with E-state index in [0.29, 0.717) is 16.7 Å². The smallest absolute Gasteiger partial charge is 0.325 e. The average Bonchev–Trinajstić information content (AvgIpc) is 2.78. The van der Waals surface area contributed by atoms with Gasteiger partial charge in [-0.3, -0.25) is 13.9 Å². The van der Waals surface area contributed by atoms with Gasteiger partial charge in [-0.1, -0.05) is 0 Å². The molecule has 1 amide bonds. The van der Waals surface area contributed by atoms with Crippen molar-refractivity contribution in [2.75, 3.05) is 5.32 Å². The van der Waals surface area contributed by atoms with E-state index in [-0.39, 0.29) is 11.0 Å². The third kappa shape index (κ3) is 2.84. The highest BCUT2D eigenvalue weighted by Gasteiger charge is 2.17. The quantitative estimate of drug-likeness (QED) is 0.740. The molecule has 24 heavy (non-hydrogen) atoms. The molecule has 0 bridgehead atoms. The largest absolute Gasteiger partial charge is 0.329 e. The van der Waals surface area contributed by atoms with Crippen molar-refractivity contribution in [1.29, 1.82) is 0 Å². The number of aryl methyl sites for hydroxylation is 1. The molecule has 3 aromatic rings. The molecule has 0 aliphatic carbocycles. The lowest BCUT2D eigenvalue weighted by atomic mass is 10.3. The van der Waals surface area contributed by atoms with E-state index in [1.54, 1.807) is 0 Å². The standard InChI is InChI=1S/C16H12BrF2N3O2/c1-21-15-12(7-6-11(19)14(15)17)22(16(21)24)8-13(23)20-10-4-2-9(18)3-5-10/h2-7H,8H2,1H3,(H,20,23). The first-order valence-electron chi connectivity index (χ1n) is 6.97. The van der Waals surface area contributed by atoms with Crippen molar-refractivity contribution in [3.05, 3.63) is 63.0 Å². The monoisotopic (exact) mass is 395 g/mol. The third-order valence-corrected chi connectivity index (χ3v) is 4.38. The maximum atomic E-state index is 13.7. The average molecular weight is 396 g/mol. The lowest BCUT2D eigenvalue weighted by Gasteiger charge is -2.06. The highest BCUT2D eigenvalue weighted by Crippen LogP contribution is 2.25. The number of nitrogens with zero attached hydrogens (tertiary/aromatic N) is 2. The van der Waals surface area contributed by atoms with Gasteiger partial charge in [0.2, 0.25) is 5.91 Å². The van der Waals surface area contributed by atoms with Crippen molar-refractivity contribution in [3.63, 3.8) is 0 Å². The minimum absolute atomic E-state index is 0.164. The SMILES string of the molecule is Cn1c(=O)n(CC(=O)Nc2ccc(F)cc2)c2ccc(F)c(Br)c21. The van der Waals surface area contributed by atoms with Gasteiger partial charge in [0.05, 0.1) is 15.5 Å². The molecule has 5 nitrogen and oxygen atoms in total. The van der Waals surface area contributed by atoms with Crippen molar-refractivity contribution in [2.24, 2.45) is 7.05 Å². The van der Waals surface area contributed by atoms with Crippen LogP contribution in [-0.2, 0) is 18.4 Å². The molecule has 3 rings (SSSR count). The van der Waals surface area contributed by atoms with Gasteiger partial charge in [0.25, 0.3) is 0 Å². The second-order valence-electron chi connectivity index (χ2n) is 5.21. The van der Waals surface area contributed by atoms with Crippen LogP contribution >= 0.6 is 15.9 Å². The number of nitrogens with one attached hydrogen (secondary N) is 1. The van der Waals surface area contributed by atoms with Crippen LogP contribution in [0.25, 0.3) is 11.0 Å². The molecular weight excluding hydrogens is 384 g/mol. The van der Waals surface area contributed by atoms with E-state index in [1.165, 1.54) is 52.6 Å². The number of hydrogen-bond donors (Lipinski definition) is 1. The van der Waals surface area contributed by atoms with Crippen molar-refractivity contribution in [2.45, 2.75) is 6.54 Å². The second-order valence-corrected chi connectivity index (χ2v) is 6.00. The molecule has 1 heterocycles. The van der Waals surface area contributed by atoms with Gasteiger partial charge in [0.1, 0.15) is 18.2 Å². The van der Waals surface area contributed by atoms with Gasteiger partial charge < -0.3 is 5.32 Å². The Labute approximate surface area is 143 Å². The molecule has 8 heteroatoms. The maximum Gasteiger partial charge on any atom is 0.329 e. The van der Waals surface area contributed by atoms with Gasteiger partial charge in [-0.15, -0.1) is 0 Å². The topological polar surface area (TPSA) is 56.0 Å². The summed E-state index contributed by atoms with van der Waals surface area (Å²) in [6, 6.07) is 7.96. The van der Waals surface area contributed by atoms with Crippen LogP contribution < -0.4 is 11.0 Å². The van der Waals surface area contributed by atoms with Crippen molar-refractivity contribution in [3.8, 4) is 0 Å². The summed E-state index contributed by atoms with van der Waals surface area (Å²) in [6.07, 6.45) is 0. The first-order valence-corrected chi connectivity index (χ1v) is 7.76. The van der Waals surface area contributed by atoms with E-state index < -0.39 is 23.2 Å². The molecule has 0 saturated heterocycles. The van der Waals surface area contributed by atoms with E-state index in [0.717, 1.165) is 0 Å². The number of imidazole rings is 1. The van der Waals surface area contributed by atoms with E-state index in [1.807, 2.05) is 0 Å². The van der Waals surface area contributed by atoms with Crippen LogP contribution in [0.4, 0.5) is 14.5 Å². The van der Waals surface area contributed by atoms with Crippen molar-refractivity contribution < 1.29 is 13.6 Å². The summed E-state index contributed by atoms with van der Waals surface area (Å²) in [7, 11) is 1.50. The van der Waals surface area contributed by atoms with Gasteiger partial charge in [-0.25, -0.2) is 13.6 Å². The van der Waals surface area contributed by atoms with E-state index >= 15 is 0 Å². The van der Waals surface area contributed by atoms with Crippen LogP contribution in [0, 0.1) is 11.6 Å². The Bertz CT molecular complexity index is 993. The van der Waals surface area contributed by atoms with Crippen molar-refractivity contribution in [1.82, 2.24) is 9.13 Å². The van der Waals surface area contributed by atoms with Crippen LogP contribution in [0.3, 0.4) is 0 Å². The molecular formula is C16H12BrF2N3O2. The summed E-state index contributed by atoms with van der Waals surface area (Å²) >= 11 is 3.12. The normalized spacial score (nSPS) is 11.0. The molecule has 1 N–H and O–H groups in total. The fourth-order valence-electron chi connectivity index (χ4n) is 2.48. The fourth-order valence-corrected chi connectivity index (χ4v) is 3.08. The molecule has 0 atom stereocenters. The minimum atomic E-state index is -0.494. The first kappa shape index (κ1) is 16.4. The molecule has 124 valence electrons. The highest BCUT2D eigenvalue weighted by molar-refractivity contribution is 9.10. The number of fused-ring (bicyclic) bond motifs is 1. The summed E-state index contributed by atoms with van der Waals surface area (Å²) in [4.78, 5) is 24.5. The first-order chi connectivity index (χ1) is 11.4. The molecule has 0 saturated carbocycles. The zero-order valence-electron chi connectivity index (χ0n) is 12.5. The molecule has 0 unspecified atom stereocenters. The lowest BCUT2D eigenvalue weighted by Crippen LogP contribution is -2.28. The summed E-state index contributed by atoms with van der Waals surface area (Å²) in [5.74, 6) is -1.35. The lowest BCUT2D eigenvalue weighted by molar-refractivity contribution is -0.116.